The van der Waals surface area contributed by atoms with Gasteiger partial charge in [-0.05, 0) is 13.8 Å². The smallest absolute Gasteiger partial charge is 0.145 e. The molecule has 50 valence electrons. The Balaban J connectivity index is 0. The Morgan fingerprint density at radius 1 is 1.33 bits per heavy atom. The maximum absolute atomic E-state index is 8.47. The molecule has 0 aromatic heterocycles. The Kier molecular flexibility index (Phi) is 6.12. The molecule has 0 aromatic rings. The maximum Gasteiger partial charge on any atom is 0.145 e. The number of aliphatic hydroxyl groups is 1. The molecule has 0 saturated carbocycles. The molecule has 3 nitrogen and oxygen atoms in total. The summed E-state index contributed by atoms with van der Waals surface area (Å²) in [6, 6.07) is 3.41. The molecule has 0 aliphatic heterocycles. The molecule has 0 bridgehead atoms. The van der Waals surface area contributed by atoms with E-state index in [1.807, 2.05) is 0 Å². The quantitative estimate of drug-likeness (QED) is 0.488. The summed E-state index contributed by atoms with van der Waals surface area (Å²) in [7, 11) is 0. The second-order valence-electron chi connectivity index (χ2n) is 1.89. The van der Waals surface area contributed by atoms with Gasteiger partial charge < -0.3 is 5.11 Å². The van der Waals surface area contributed by atoms with Crippen LogP contribution in [0, 0.1) is 22.7 Å². The first-order chi connectivity index (χ1) is 3.97. The zero-order valence-corrected chi connectivity index (χ0v) is 5.84. The molecule has 0 heterocycles. The van der Waals surface area contributed by atoms with Crippen LogP contribution in [0.2, 0.25) is 0 Å². The molecule has 0 rings (SSSR count). The summed E-state index contributed by atoms with van der Waals surface area (Å²) in [6.45, 7) is 4.31. The Morgan fingerprint density at radius 3 is 1.44 bits per heavy atom. The van der Waals surface area contributed by atoms with Crippen molar-refractivity contribution in [3.8, 4) is 12.1 Å². The fourth-order valence-corrected chi connectivity index (χ4v) is 0. The van der Waals surface area contributed by atoms with Gasteiger partial charge in [-0.15, -0.1) is 0 Å². The zero-order valence-electron chi connectivity index (χ0n) is 5.84. The number of rotatable bonds is 0. The van der Waals surface area contributed by atoms with Crippen LogP contribution in [-0.2, 0) is 0 Å². The molecule has 0 atom stereocenters. The summed E-state index contributed by atoms with van der Waals surface area (Å²) in [5.74, 6) is 0. The van der Waals surface area contributed by atoms with Gasteiger partial charge in [0, 0.05) is 6.92 Å². The van der Waals surface area contributed by atoms with Gasteiger partial charge in [0.25, 0.3) is 0 Å². The van der Waals surface area contributed by atoms with Gasteiger partial charge in [0.2, 0.25) is 0 Å². The van der Waals surface area contributed by atoms with Crippen molar-refractivity contribution in [3.05, 3.63) is 0 Å². The Bertz CT molecular complexity index is 133. The molecule has 0 radical (unpaired) electrons. The molecular weight excluding hydrogens is 116 g/mol. The van der Waals surface area contributed by atoms with E-state index < -0.39 is 5.60 Å². The lowest BCUT2D eigenvalue weighted by atomic mass is 10.2. The van der Waals surface area contributed by atoms with Crippen molar-refractivity contribution in [1.29, 1.82) is 10.5 Å². The van der Waals surface area contributed by atoms with E-state index in [4.69, 9.17) is 15.6 Å². The van der Waals surface area contributed by atoms with Crippen molar-refractivity contribution < 1.29 is 5.11 Å². The van der Waals surface area contributed by atoms with Crippen LogP contribution in [0.5, 0.6) is 0 Å². The van der Waals surface area contributed by atoms with E-state index in [0.717, 1.165) is 0 Å². The summed E-state index contributed by atoms with van der Waals surface area (Å²) >= 11 is 0. The molecule has 0 spiro atoms. The fourth-order valence-electron chi connectivity index (χ4n) is 0. The molecule has 0 unspecified atom stereocenters. The van der Waals surface area contributed by atoms with Crippen molar-refractivity contribution in [2.45, 2.75) is 26.4 Å². The minimum absolute atomic E-state index is 1.15. The van der Waals surface area contributed by atoms with Crippen molar-refractivity contribution in [2.24, 2.45) is 0 Å². The highest BCUT2D eigenvalue weighted by atomic mass is 16.3. The van der Waals surface area contributed by atoms with Gasteiger partial charge in [0.05, 0.1) is 12.1 Å². The molecule has 1 N–H and O–H groups in total. The summed E-state index contributed by atoms with van der Waals surface area (Å²) < 4.78 is 0. The largest absolute Gasteiger partial charge is 0.376 e. The van der Waals surface area contributed by atoms with Crippen LogP contribution in [0.3, 0.4) is 0 Å². The first kappa shape index (κ1) is 10.8. The molecule has 0 aromatic carbocycles. The minimum atomic E-state index is -1.15. The summed E-state index contributed by atoms with van der Waals surface area (Å²) in [6.07, 6.45) is 0. The minimum Gasteiger partial charge on any atom is -0.376 e. The Morgan fingerprint density at radius 2 is 1.44 bits per heavy atom. The van der Waals surface area contributed by atoms with E-state index in [9.17, 15) is 0 Å². The molecular formula is C6H10N2O. The summed E-state index contributed by atoms with van der Waals surface area (Å²) in [5.41, 5.74) is -1.15. The van der Waals surface area contributed by atoms with E-state index in [1.165, 1.54) is 20.8 Å². The number of nitriles is 2. The van der Waals surface area contributed by atoms with Crippen molar-refractivity contribution in [2.75, 3.05) is 0 Å². The third-order valence-corrected chi connectivity index (χ3v) is 0.274. The lowest BCUT2D eigenvalue weighted by molar-refractivity contribution is 0.141. The standard InChI is InChI=1S/C4H7NO.C2H3N/c1-4(2,6)3-5;1-2-3/h6H,1-2H3;1H3. The van der Waals surface area contributed by atoms with Gasteiger partial charge >= 0.3 is 0 Å². The Labute approximate surface area is 55.1 Å². The highest BCUT2D eigenvalue weighted by Gasteiger charge is 2.07. The van der Waals surface area contributed by atoms with Crippen molar-refractivity contribution in [1.82, 2.24) is 0 Å². The number of nitrogens with zero attached hydrogens (tertiary/aromatic N) is 2. The fraction of sp³-hybridized carbons (Fsp3) is 0.667. The van der Waals surface area contributed by atoms with Crippen molar-refractivity contribution >= 4 is 0 Å². The maximum atomic E-state index is 8.47. The van der Waals surface area contributed by atoms with Crippen LogP contribution >= 0.6 is 0 Å². The van der Waals surface area contributed by atoms with Gasteiger partial charge in [0.15, 0.2) is 0 Å². The molecule has 0 aliphatic rings. The van der Waals surface area contributed by atoms with Gasteiger partial charge in [-0.25, -0.2) is 0 Å². The van der Waals surface area contributed by atoms with Crippen LogP contribution in [0.25, 0.3) is 0 Å². The molecule has 3 heteroatoms. The average molecular weight is 126 g/mol. The van der Waals surface area contributed by atoms with E-state index in [0.29, 0.717) is 0 Å². The zero-order chi connectivity index (χ0) is 7.91. The van der Waals surface area contributed by atoms with E-state index in [2.05, 4.69) is 0 Å². The van der Waals surface area contributed by atoms with Gasteiger partial charge in [-0.2, -0.15) is 10.5 Å². The summed E-state index contributed by atoms with van der Waals surface area (Å²) in [5, 5.41) is 23.7. The monoisotopic (exact) mass is 126 g/mol. The normalized spacial score (nSPS) is 7.78. The highest BCUT2D eigenvalue weighted by Crippen LogP contribution is 1.93. The average Bonchev–Trinajstić information content (AvgIpc) is 1.67. The number of hydrogen-bond acceptors (Lipinski definition) is 3. The Hall–Kier alpha value is -1.06. The van der Waals surface area contributed by atoms with Gasteiger partial charge in [-0.1, -0.05) is 0 Å². The lowest BCUT2D eigenvalue weighted by Gasteiger charge is -2.00. The van der Waals surface area contributed by atoms with Gasteiger partial charge in [-0.3, -0.25) is 0 Å². The molecule has 0 fully saturated rings. The first-order valence-electron chi connectivity index (χ1n) is 2.42. The SMILES string of the molecule is CC#N.CC(C)(O)C#N. The summed E-state index contributed by atoms with van der Waals surface area (Å²) in [4.78, 5) is 0. The van der Waals surface area contributed by atoms with E-state index in [-0.39, 0.29) is 0 Å². The van der Waals surface area contributed by atoms with Crippen LogP contribution in [0.4, 0.5) is 0 Å². The third kappa shape index (κ3) is 45.0. The highest BCUT2D eigenvalue weighted by molar-refractivity contribution is 4.91. The van der Waals surface area contributed by atoms with E-state index in [1.54, 1.807) is 12.1 Å². The van der Waals surface area contributed by atoms with Crippen LogP contribution in [0.1, 0.15) is 20.8 Å². The first-order valence-corrected chi connectivity index (χ1v) is 2.42. The number of hydrogen-bond donors (Lipinski definition) is 1. The topological polar surface area (TPSA) is 67.8 Å². The van der Waals surface area contributed by atoms with Crippen molar-refractivity contribution in [3.63, 3.8) is 0 Å². The third-order valence-electron chi connectivity index (χ3n) is 0.274. The van der Waals surface area contributed by atoms with Gasteiger partial charge in [0.1, 0.15) is 5.60 Å². The molecule has 0 aliphatic carbocycles. The second kappa shape index (κ2) is 5.08. The lowest BCUT2D eigenvalue weighted by Crippen LogP contribution is -2.13. The van der Waals surface area contributed by atoms with Crippen LogP contribution < -0.4 is 0 Å². The predicted molar refractivity (Wildman–Crippen MR) is 33.2 cm³/mol. The molecule has 9 heavy (non-hydrogen) atoms. The van der Waals surface area contributed by atoms with E-state index >= 15 is 0 Å². The van der Waals surface area contributed by atoms with Crippen LogP contribution in [0.15, 0.2) is 0 Å². The molecule has 0 amide bonds. The predicted octanol–water partition coefficient (Wildman–Crippen LogP) is 0.811. The van der Waals surface area contributed by atoms with Crippen LogP contribution in [-0.4, -0.2) is 10.7 Å². The molecule has 0 saturated heterocycles. The second-order valence-corrected chi connectivity index (χ2v) is 1.89.